The summed E-state index contributed by atoms with van der Waals surface area (Å²) in [7, 11) is -3.92. The lowest BCUT2D eigenvalue weighted by molar-refractivity contribution is -0.117. The number of benzene rings is 2. The van der Waals surface area contributed by atoms with Gasteiger partial charge in [-0.1, -0.05) is 11.6 Å². The molecule has 2 amide bonds. The Balaban J connectivity index is 1.80. The molecule has 0 unspecified atom stereocenters. The molecule has 1 fully saturated rings. The molecule has 0 bridgehead atoms. The zero-order valence-electron chi connectivity index (χ0n) is 17.1. The van der Waals surface area contributed by atoms with Crippen molar-refractivity contribution in [3.63, 3.8) is 0 Å². The molecule has 1 heterocycles. The molecular weight excluding hydrogens is 440 g/mol. The summed E-state index contributed by atoms with van der Waals surface area (Å²) in [5.74, 6) is -1.17. The Morgan fingerprint density at radius 1 is 1.06 bits per heavy atom. The van der Waals surface area contributed by atoms with E-state index in [4.69, 9.17) is 17.3 Å². The largest absolute Gasteiger partial charge is 0.370 e. The standard InChI is InChI=1S/C21H25ClN4O4S/c1-14(25-31(29,30)17-8-6-16(22)7-9-17)21(28)24-18-13-15(20(23)27)5-10-19(18)26-11-3-2-4-12-26/h5-10,13-14,25H,2-4,11-12H2,1H3,(H2,23,27)(H,24,28)/t14-/m0/s1. The van der Waals surface area contributed by atoms with Crippen molar-refractivity contribution in [1.82, 2.24) is 4.72 Å². The molecule has 1 aliphatic heterocycles. The van der Waals surface area contributed by atoms with Gasteiger partial charge in [-0.15, -0.1) is 0 Å². The predicted molar refractivity (Wildman–Crippen MR) is 121 cm³/mol. The Bertz CT molecular complexity index is 1070. The van der Waals surface area contributed by atoms with E-state index in [2.05, 4.69) is 14.9 Å². The number of piperidine rings is 1. The summed E-state index contributed by atoms with van der Waals surface area (Å²) in [6.45, 7) is 3.11. The topological polar surface area (TPSA) is 122 Å². The highest BCUT2D eigenvalue weighted by Gasteiger charge is 2.24. The number of nitrogens with one attached hydrogen (secondary N) is 2. The maximum absolute atomic E-state index is 12.8. The van der Waals surface area contributed by atoms with E-state index in [1.54, 1.807) is 12.1 Å². The minimum atomic E-state index is -3.92. The Morgan fingerprint density at radius 3 is 2.32 bits per heavy atom. The number of nitrogens with two attached hydrogens (primary N) is 1. The van der Waals surface area contributed by atoms with Crippen LogP contribution in [0.3, 0.4) is 0 Å². The molecule has 0 aromatic heterocycles. The van der Waals surface area contributed by atoms with Gasteiger partial charge in [0.2, 0.25) is 21.8 Å². The molecule has 10 heteroatoms. The van der Waals surface area contributed by atoms with Gasteiger partial charge in [-0.25, -0.2) is 8.42 Å². The predicted octanol–water partition coefficient (Wildman–Crippen LogP) is 2.73. The lowest BCUT2D eigenvalue weighted by atomic mass is 10.1. The fourth-order valence-electron chi connectivity index (χ4n) is 3.41. The van der Waals surface area contributed by atoms with Crippen LogP contribution in [0.15, 0.2) is 47.4 Å². The molecule has 4 N–H and O–H groups in total. The summed E-state index contributed by atoms with van der Waals surface area (Å²) in [6.07, 6.45) is 3.20. The first-order chi connectivity index (χ1) is 14.7. The lowest BCUT2D eigenvalue weighted by Gasteiger charge is -2.31. The van der Waals surface area contributed by atoms with E-state index in [-0.39, 0.29) is 10.5 Å². The Kier molecular flexibility index (Phi) is 7.19. The fraction of sp³-hybridized carbons (Fsp3) is 0.333. The lowest BCUT2D eigenvalue weighted by Crippen LogP contribution is -2.42. The molecule has 0 radical (unpaired) electrons. The molecular formula is C21H25ClN4O4S. The molecule has 0 aliphatic carbocycles. The third-order valence-electron chi connectivity index (χ3n) is 5.08. The monoisotopic (exact) mass is 464 g/mol. The zero-order chi connectivity index (χ0) is 22.6. The molecule has 166 valence electrons. The number of primary amides is 1. The van der Waals surface area contributed by atoms with Crippen molar-refractivity contribution < 1.29 is 18.0 Å². The highest BCUT2D eigenvalue weighted by Crippen LogP contribution is 2.30. The number of halogens is 1. The quantitative estimate of drug-likeness (QED) is 0.581. The molecule has 8 nitrogen and oxygen atoms in total. The van der Waals surface area contributed by atoms with E-state index in [1.807, 2.05) is 0 Å². The highest BCUT2D eigenvalue weighted by atomic mass is 35.5. The second-order valence-corrected chi connectivity index (χ2v) is 9.58. The van der Waals surface area contributed by atoms with Crippen molar-refractivity contribution in [1.29, 1.82) is 0 Å². The van der Waals surface area contributed by atoms with Gasteiger partial charge in [0, 0.05) is 23.7 Å². The van der Waals surface area contributed by atoms with Gasteiger partial charge in [-0.05, 0) is 68.7 Å². The first kappa shape index (κ1) is 23.1. The Labute approximate surface area is 186 Å². The summed E-state index contributed by atoms with van der Waals surface area (Å²) in [6, 6.07) is 9.47. The first-order valence-electron chi connectivity index (χ1n) is 9.95. The van der Waals surface area contributed by atoms with Crippen LogP contribution in [0.4, 0.5) is 11.4 Å². The smallest absolute Gasteiger partial charge is 0.248 e. The van der Waals surface area contributed by atoms with Crippen molar-refractivity contribution in [2.45, 2.75) is 37.1 Å². The normalized spacial score (nSPS) is 15.4. The van der Waals surface area contributed by atoms with Crippen LogP contribution in [0.2, 0.25) is 5.02 Å². The van der Waals surface area contributed by atoms with E-state index in [9.17, 15) is 18.0 Å². The second-order valence-electron chi connectivity index (χ2n) is 7.43. The van der Waals surface area contributed by atoms with Crippen molar-refractivity contribution >= 4 is 44.8 Å². The van der Waals surface area contributed by atoms with Crippen LogP contribution in [-0.2, 0) is 14.8 Å². The minimum absolute atomic E-state index is 0.00119. The highest BCUT2D eigenvalue weighted by molar-refractivity contribution is 7.89. The molecule has 3 rings (SSSR count). The van der Waals surface area contributed by atoms with Crippen molar-refractivity contribution in [2.24, 2.45) is 5.73 Å². The van der Waals surface area contributed by atoms with Gasteiger partial charge in [0.25, 0.3) is 0 Å². The summed E-state index contributed by atoms with van der Waals surface area (Å²) in [5.41, 5.74) is 6.84. The number of amides is 2. The zero-order valence-corrected chi connectivity index (χ0v) is 18.7. The average molecular weight is 465 g/mol. The van der Waals surface area contributed by atoms with Crippen LogP contribution in [0.1, 0.15) is 36.5 Å². The van der Waals surface area contributed by atoms with Gasteiger partial charge in [0.05, 0.1) is 22.3 Å². The van der Waals surface area contributed by atoms with E-state index in [0.717, 1.165) is 38.0 Å². The first-order valence-corrected chi connectivity index (χ1v) is 11.8. The van der Waals surface area contributed by atoms with E-state index < -0.39 is 27.9 Å². The van der Waals surface area contributed by atoms with E-state index >= 15 is 0 Å². The molecule has 0 spiro atoms. The molecule has 1 atom stereocenters. The molecule has 1 saturated heterocycles. The number of anilines is 2. The number of nitrogens with zero attached hydrogens (tertiary/aromatic N) is 1. The number of carbonyl (C=O) groups is 2. The number of carbonyl (C=O) groups excluding carboxylic acids is 2. The molecule has 31 heavy (non-hydrogen) atoms. The summed E-state index contributed by atoms with van der Waals surface area (Å²) in [4.78, 5) is 26.6. The van der Waals surface area contributed by atoms with Crippen molar-refractivity contribution in [3.05, 3.63) is 53.1 Å². The minimum Gasteiger partial charge on any atom is -0.370 e. The molecule has 1 aliphatic rings. The van der Waals surface area contributed by atoms with Crippen LogP contribution in [0.5, 0.6) is 0 Å². The third-order valence-corrected chi connectivity index (χ3v) is 6.89. The number of hydrogen-bond acceptors (Lipinski definition) is 5. The van der Waals surface area contributed by atoms with Crippen LogP contribution in [0, 0.1) is 0 Å². The van der Waals surface area contributed by atoms with Crippen LogP contribution in [-0.4, -0.2) is 39.4 Å². The molecule has 2 aromatic rings. The van der Waals surface area contributed by atoms with E-state index in [0.29, 0.717) is 10.7 Å². The molecule has 0 saturated carbocycles. The van der Waals surface area contributed by atoms with Crippen molar-refractivity contribution in [2.75, 3.05) is 23.3 Å². The Hall–Kier alpha value is -2.62. The van der Waals surface area contributed by atoms with E-state index in [1.165, 1.54) is 37.3 Å². The average Bonchev–Trinajstić information content (AvgIpc) is 2.74. The second kappa shape index (κ2) is 9.67. The van der Waals surface area contributed by atoms with Gasteiger partial charge >= 0.3 is 0 Å². The summed E-state index contributed by atoms with van der Waals surface area (Å²) in [5, 5.41) is 3.16. The summed E-state index contributed by atoms with van der Waals surface area (Å²) < 4.78 is 27.5. The van der Waals surface area contributed by atoms with Crippen molar-refractivity contribution in [3.8, 4) is 0 Å². The maximum atomic E-state index is 12.8. The number of hydrogen-bond donors (Lipinski definition) is 3. The van der Waals surface area contributed by atoms with Crippen LogP contribution in [0.25, 0.3) is 0 Å². The SMILES string of the molecule is C[C@H](NS(=O)(=O)c1ccc(Cl)cc1)C(=O)Nc1cc(C(N)=O)ccc1N1CCCCC1. The summed E-state index contributed by atoms with van der Waals surface area (Å²) >= 11 is 5.81. The van der Waals surface area contributed by atoms with Crippen LogP contribution < -0.4 is 20.7 Å². The third kappa shape index (κ3) is 5.75. The van der Waals surface area contributed by atoms with Crippen LogP contribution >= 0.6 is 11.6 Å². The molecule has 2 aromatic carbocycles. The maximum Gasteiger partial charge on any atom is 0.248 e. The Morgan fingerprint density at radius 2 is 1.71 bits per heavy atom. The van der Waals surface area contributed by atoms with Gasteiger partial charge in [-0.3, -0.25) is 9.59 Å². The number of sulfonamides is 1. The fourth-order valence-corrected chi connectivity index (χ4v) is 4.74. The van der Waals surface area contributed by atoms with Gasteiger partial charge < -0.3 is 16.0 Å². The van der Waals surface area contributed by atoms with Gasteiger partial charge in [-0.2, -0.15) is 4.72 Å². The van der Waals surface area contributed by atoms with Gasteiger partial charge in [0.1, 0.15) is 0 Å². The number of rotatable bonds is 7. The van der Waals surface area contributed by atoms with Gasteiger partial charge in [0.15, 0.2) is 0 Å².